The van der Waals surface area contributed by atoms with Crippen LogP contribution >= 0.6 is 23.4 Å². The van der Waals surface area contributed by atoms with Gasteiger partial charge in [0.2, 0.25) is 0 Å². The summed E-state index contributed by atoms with van der Waals surface area (Å²) in [6.07, 6.45) is 4.64. The van der Waals surface area contributed by atoms with Crippen LogP contribution in [0.2, 0.25) is 5.02 Å². The predicted octanol–water partition coefficient (Wildman–Crippen LogP) is 7.13. The number of anilines is 1. The summed E-state index contributed by atoms with van der Waals surface area (Å²) in [5.41, 5.74) is 1.78. The summed E-state index contributed by atoms with van der Waals surface area (Å²) in [5.74, 6) is 0.774. The first kappa shape index (κ1) is 20.8. The Balaban J connectivity index is 1.59. The lowest BCUT2D eigenvalue weighted by Gasteiger charge is -2.53. The summed E-state index contributed by atoms with van der Waals surface area (Å²) in [7, 11) is 0. The second kappa shape index (κ2) is 7.93. The van der Waals surface area contributed by atoms with E-state index in [9.17, 15) is 4.79 Å². The average molecular weight is 475 g/mol. The Kier molecular flexibility index (Phi) is 5.00. The largest absolute Gasteiger partial charge is 0.454 e. The zero-order valence-corrected chi connectivity index (χ0v) is 19.6. The average Bonchev–Trinajstić information content (AvgIpc) is 3.25. The van der Waals surface area contributed by atoms with E-state index in [4.69, 9.17) is 21.4 Å². The Morgan fingerprint density at radius 1 is 0.909 bits per heavy atom. The molecule has 166 valence electrons. The molecule has 6 heteroatoms. The van der Waals surface area contributed by atoms with Gasteiger partial charge in [0.05, 0.1) is 11.3 Å². The lowest BCUT2D eigenvalue weighted by Crippen LogP contribution is -2.64. The maximum Gasteiger partial charge on any atom is 0.269 e. The summed E-state index contributed by atoms with van der Waals surface area (Å²) in [6.45, 7) is 0. The van der Waals surface area contributed by atoms with Crippen LogP contribution in [-0.4, -0.2) is 15.9 Å². The Morgan fingerprint density at radius 3 is 2.45 bits per heavy atom. The standard InChI is InChI=1S/C27H23ClN2O2S/c28-20-12-9-13-21(18-20)30-27(33-25(29-30)19-10-3-1-4-11-19)26(16-7-2-8-17-26)24(31)22-14-5-6-15-23(22)32-27/h1,3-6,9-15,18H,2,7-8,16-17H2/t27-/m0/s1. The molecule has 0 amide bonds. The lowest BCUT2D eigenvalue weighted by atomic mass is 9.66. The van der Waals surface area contributed by atoms with Crippen LogP contribution in [0.3, 0.4) is 0 Å². The van der Waals surface area contributed by atoms with Crippen LogP contribution in [0.5, 0.6) is 5.75 Å². The molecule has 2 heterocycles. The number of halogens is 1. The summed E-state index contributed by atoms with van der Waals surface area (Å²) < 4.78 is 6.91. The Morgan fingerprint density at radius 2 is 1.67 bits per heavy atom. The third kappa shape index (κ3) is 3.13. The molecule has 3 aromatic rings. The molecule has 0 saturated heterocycles. The highest BCUT2D eigenvalue weighted by Crippen LogP contribution is 2.62. The van der Waals surface area contributed by atoms with Crippen molar-refractivity contribution in [3.63, 3.8) is 0 Å². The number of Topliss-reactive ketones (excluding diaryl/α,β-unsaturated/α-hetero) is 1. The van der Waals surface area contributed by atoms with Crippen molar-refractivity contribution >= 4 is 39.9 Å². The van der Waals surface area contributed by atoms with Crippen LogP contribution < -0.4 is 9.75 Å². The van der Waals surface area contributed by atoms with Gasteiger partial charge in [-0.3, -0.25) is 4.79 Å². The van der Waals surface area contributed by atoms with Crippen LogP contribution in [0.15, 0.2) is 84.0 Å². The second-order valence-electron chi connectivity index (χ2n) is 8.82. The van der Waals surface area contributed by atoms with Crippen molar-refractivity contribution in [3.05, 3.63) is 95.0 Å². The van der Waals surface area contributed by atoms with Crippen molar-refractivity contribution in [2.45, 2.75) is 37.2 Å². The highest BCUT2D eigenvalue weighted by molar-refractivity contribution is 8.15. The van der Waals surface area contributed by atoms with Crippen molar-refractivity contribution in [2.75, 3.05) is 5.01 Å². The quantitative estimate of drug-likeness (QED) is 0.396. The maximum absolute atomic E-state index is 14.2. The highest BCUT2D eigenvalue weighted by atomic mass is 35.5. The first-order chi connectivity index (χ1) is 16.1. The maximum atomic E-state index is 14.2. The van der Waals surface area contributed by atoms with E-state index in [1.807, 2.05) is 83.9 Å². The molecule has 0 bridgehead atoms. The monoisotopic (exact) mass is 474 g/mol. The van der Waals surface area contributed by atoms with Crippen LogP contribution in [0.4, 0.5) is 5.69 Å². The molecule has 6 rings (SSSR count). The third-order valence-electron chi connectivity index (χ3n) is 6.90. The molecule has 3 aliphatic rings. The number of ether oxygens (including phenoxy) is 1. The fraction of sp³-hybridized carbons (Fsp3) is 0.259. The van der Waals surface area contributed by atoms with Gasteiger partial charge in [0, 0.05) is 10.6 Å². The Hall–Kier alpha value is -2.76. The van der Waals surface area contributed by atoms with Gasteiger partial charge in [-0.25, -0.2) is 5.01 Å². The van der Waals surface area contributed by atoms with E-state index in [1.165, 1.54) is 0 Å². The van der Waals surface area contributed by atoms with E-state index in [0.29, 0.717) is 16.3 Å². The van der Waals surface area contributed by atoms with Gasteiger partial charge < -0.3 is 4.74 Å². The predicted molar refractivity (Wildman–Crippen MR) is 134 cm³/mol. The number of thioether (sulfide) groups is 1. The summed E-state index contributed by atoms with van der Waals surface area (Å²) in [4.78, 5) is 14.2. The van der Waals surface area contributed by atoms with Crippen molar-refractivity contribution in [3.8, 4) is 5.75 Å². The number of hydrogen-bond acceptors (Lipinski definition) is 5. The van der Waals surface area contributed by atoms with Gasteiger partial charge in [0.1, 0.15) is 16.2 Å². The van der Waals surface area contributed by atoms with Gasteiger partial charge in [0.15, 0.2) is 5.78 Å². The zero-order valence-electron chi connectivity index (χ0n) is 18.0. The number of carbonyl (C=O) groups is 1. The van der Waals surface area contributed by atoms with Crippen LogP contribution in [0.1, 0.15) is 48.0 Å². The van der Waals surface area contributed by atoms with Gasteiger partial charge in [-0.1, -0.05) is 79.4 Å². The minimum absolute atomic E-state index is 0.160. The van der Waals surface area contributed by atoms with E-state index in [-0.39, 0.29) is 5.78 Å². The van der Waals surface area contributed by atoms with Crippen molar-refractivity contribution in [1.29, 1.82) is 0 Å². The first-order valence-electron chi connectivity index (χ1n) is 11.3. The molecule has 0 unspecified atom stereocenters. The van der Waals surface area contributed by atoms with E-state index in [1.54, 1.807) is 11.8 Å². The number of benzene rings is 3. The first-order valence-corrected chi connectivity index (χ1v) is 12.5. The molecule has 0 aromatic heterocycles. The molecule has 4 nitrogen and oxygen atoms in total. The van der Waals surface area contributed by atoms with Crippen molar-refractivity contribution < 1.29 is 9.53 Å². The molecule has 1 atom stereocenters. The van der Waals surface area contributed by atoms with Gasteiger partial charge >= 0.3 is 0 Å². The molecular weight excluding hydrogens is 452 g/mol. The molecule has 1 fully saturated rings. The topological polar surface area (TPSA) is 41.9 Å². The number of nitrogens with zero attached hydrogens (tertiary/aromatic N) is 2. The fourth-order valence-corrected chi connectivity index (χ4v) is 7.02. The van der Waals surface area contributed by atoms with Crippen molar-refractivity contribution in [1.82, 2.24) is 0 Å². The highest BCUT2D eigenvalue weighted by Gasteiger charge is 2.68. The fourth-order valence-electron chi connectivity index (χ4n) is 5.34. The summed E-state index contributed by atoms with van der Waals surface area (Å²) in [5, 5.41) is 7.45. The number of fused-ring (bicyclic) bond motifs is 2. The number of para-hydroxylation sites is 1. The molecular formula is C27H23ClN2O2S. The van der Waals surface area contributed by atoms with Crippen LogP contribution in [0, 0.1) is 5.41 Å². The molecule has 1 aliphatic carbocycles. The normalized spacial score (nSPS) is 23.4. The molecule has 33 heavy (non-hydrogen) atoms. The molecule has 2 spiro atoms. The Labute approximate surface area is 202 Å². The van der Waals surface area contributed by atoms with E-state index in [0.717, 1.165) is 48.4 Å². The summed E-state index contributed by atoms with van der Waals surface area (Å²) in [6, 6.07) is 25.4. The number of carbonyl (C=O) groups excluding carboxylic acids is 1. The molecule has 3 aromatic carbocycles. The van der Waals surface area contributed by atoms with Gasteiger partial charge in [-0.05, 0) is 54.9 Å². The van der Waals surface area contributed by atoms with E-state index in [2.05, 4.69) is 0 Å². The molecule has 1 saturated carbocycles. The van der Waals surface area contributed by atoms with Crippen molar-refractivity contribution in [2.24, 2.45) is 10.5 Å². The SMILES string of the molecule is O=C1c2ccccc2O[C@]2(SC(c3ccccc3)=NN2c2cccc(Cl)c2)C12CCCCC2. The molecule has 0 radical (unpaired) electrons. The Bertz CT molecular complexity index is 1260. The molecule has 0 N–H and O–H groups in total. The second-order valence-corrected chi connectivity index (χ2v) is 10.4. The minimum atomic E-state index is -1.02. The number of rotatable bonds is 2. The van der Waals surface area contributed by atoms with Gasteiger partial charge in [-0.15, -0.1) is 0 Å². The number of hydrogen-bond donors (Lipinski definition) is 0. The van der Waals surface area contributed by atoms with Crippen LogP contribution in [-0.2, 0) is 0 Å². The number of ketones is 1. The van der Waals surface area contributed by atoms with E-state index < -0.39 is 10.5 Å². The lowest BCUT2D eigenvalue weighted by molar-refractivity contribution is -0.0117. The van der Waals surface area contributed by atoms with Crippen LogP contribution in [0.25, 0.3) is 0 Å². The minimum Gasteiger partial charge on any atom is -0.454 e. The molecule has 2 aliphatic heterocycles. The van der Waals surface area contributed by atoms with E-state index >= 15 is 0 Å². The van der Waals surface area contributed by atoms with Gasteiger partial charge in [0.25, 0.3) is 5.06 Å². The smallest absolute Gasteiger partial charge is 0.269 e. The zero-order chi connectivity index (χ0) is 22.5. The van der Waals surface area contributed by atoms with Gasteiger partial charge in [-0.2, -0.15) is 5.10 Å². The summed E-state index contributed by atoms with van der Waals surface area (Å²) >= 11 is 7.96. The number of hydrazone groups is 1. The third-order valence-corrected chi connectivity index (χ3v) is 8.57.